The third kappa shape index (κ3) is 1.65. The fourth-order valence-corrected chi connectivity index (χ4v) is 3.99. The van der Waals surface area contributed by atoms with Gasteiger partial charge >= 0.3 is 5.97 Å². The van der Waals surface area contributed by atoms with Crippen molar-refractivity contribution in [2.45, 2.75) is 25.7 Å². The molecule has 2 aliphatic rings. The van der Waals surface area contributed by atoms with Crippen LogP contribution in [0.25, 0.3) is 0 Å². The summed E-state index contributed by atoms with van der Waals surface area (Å²) in [4.78, 5) is 10.8. The summed E-state index contributed by atoms with van der Waals surface area (Å²) in [5.41, 5.74) is -0.171. The first-order valence-corrected chi connectivity index (χ1v) is 6.71. The molecule has 0 aromatic rings. The number of rotatable bonds is 1. The van der Waals surface area contributed by atoms with Crippen molar-refractivity contribution in [2.75, 3.05) is 11.5 Å². The Labute approximate surface area is 83.2 Å². The molecule has 2 unspecified atom stereocenters. The van der Waals surface area contributed by atoms with E-state index in [-0.39, 0.29) is 22.8 Å². The van der Waals surface area contributed by atoms with Crippen molar-refractivity contribution in [1.82, 2.24) is 0 Å². The molecule has 1 saturated heterocycles. The number of carbonyl (C=O) groups is 1. The second-order valence-electron chi connectivity index (χ2n) is 4.46. The first-order chi connectivity index (χ1) is 6.45. The minimum absolute atomic E-state index is 0.171. The topological polar surface area (TPSA) is 71.4 Å². The molecule has 4 nitrogen and oxygen atoms in total. The molecule has 1 heterocycles. The summed E-state index contributed by atoms with van der Waals surface area (Å²) in [5, 5.41) is 8.84. The molecule has 5 heteroatoms. The minimum atomic E-state index is -2.89. The van der Waals surface area contributed by atoms with Crippen LogP contribution in [0.15, 0.2) is 0 Å². The Morgan fingerprint density at radius 2 is 2.00 bits per heavy atom. The van der Waals surface area contributed by atoms with Crippen LogP contribution in [-0.2, 0) is 14.6 Å². The number of sulfone groups is 1. The summed E-state index contributed by atoms with van der Waals surface area (Å²) in [6.45, 7) is 0. The van der Waals surface area contributed by atoms with E-state index in [0.29, 0.717) is 19.3 Å². The number of carboxylic acid groups (broad SMARTS) is 1. The van der Waals surface area contributed by atoms with Crippen LogP contribution in [0.4, 0.5) is 0 Å². The molecule has 2 rings (SSSR count). The Hall–Kier alpha value is -0.580. The van der Waals surface area contributed by atoms with Crippen LogP contribution in [0.1, 0.15) is 25.7 Å². The van der Waals surface area contributed by atoms with E-state index < -0.39 is 15.8 Å². The Kier molecular flexibility index (Phi) is 2.10. The standard InChI is InChI=1S/C9H14O4S/c10-8(11)7-6-9(7)2-1-4-14(12,13)5-3-9/h7H,1-6H2,(H,10,11). The smallest absolute Gasteiger partial charge is 0.307 e. The monoisotopic (exact) mass is 218 g/mol. The van der Waals surface area contributed by atoms with Crippen LogP contribution >= 0.6 is 0 Å². The van der Waals surface area contributed by atoms with Crippen molar-refractivity contribution in [3.8, 4) is 0 Å². The summed E-state index contributed by atoms with van der Waals surface area (Å²) >= 11 is 0. The molecule has 2 fully saturated rings. The molecule has 1 N–H and O–H groups in total. The maximum Gasteiger partial charge on any atom is 0.307 e. The van der Waals surface area contributed by atoms with E-state index in [1.54, 1.807) is 0 Å². The third-order valence-electron chi connectivity index (χ3n) is 3.53. The third-order valence-corrected chi connectivity index (χ3v) is 5.27. The summed E-state index contributed by atoms with van der Waals surface area (Å²) in [6, 6.07) is 0. The van der Waals surface area contributed by atoms with Gasteiger partial charge in [0.15, 0.2) is 0 Å². The van der Waals surface area contributed by atoms with Crippen LogP contribution in [0.5, 0.6) is 0 Å². The quantitative estimate of drug-likeness (QED) is 0.702. The van der Waals surface area contributed by atoms with Gasteiger partial charge in [-0.1, -0.05) is 0 Å². The first kappa shape index (κ1) is 9.96. The highest BCUT2D eigenvalue weighted by molar-refractivity contribution is 7.91. The van der Waals surface area contributed by atoms with E-state index in [0.717, 1.165) is 6.42 Å². The van der Waals surface area contributed by atoms with Gasteiger partial charge in [-0.25, -0.2) is 8.42 Å². The maximum atomic E-state index is 11.3. The van der Waals surface area contributed by atoms with Crippen molar-refractivity contribution in [3.05, 3.63) is 0 Å². The zero-order chi connectivity index (χ0) is 10.4. The van der Waals surface area contributed by atoms with E-state index >= 15 is 0 Å². The second-order valence-corrected chi connectivity index (χ2v) is 6.77. The van der Waals surface area contributed by atoms with E-state index in [2.05, 4.69) is 0 Å². The highest BCUT2D eigenvalue weighted by atomic mass is 32.2. The van der Waals surface area contributed by atoms with E-state index in [1.165, 1.54) is 0 Å². The van der Waals surface area contributed by atoms with E-state index in [1.807, 2.05) is 0 Å². The highest BCUT2D eigenvalue weighted by Crippen LogP contribution is 2.59. The number of carboxylic acids is 1. The van der Waals surface area contributed by atoms with Crippen molar-refractivity contribution < 1.29 is 18.3 Å². The Balaban J connectivity index is 2.08. The van der Waals surface area contributed by atoms with Gasteiger partial charge in [-0.3, -0.25) is 4.79 Å². The zero-order valence-electron chi connectivity index (χ0n) is 7.90. The fraction of sp³-hybridized carbons (Fsp3) is 0.889. The normalized spacial score (nSPS) is 40.4. The van der Waals surface area contributed by atoms with Crippen molar-refractivity contribution in [2.24, 2.45) is 11.3 Å². The average molecular weight is 218 g/mol. The molecule has 1 saturated carbocycles. The fourth-order valence-electron chi connectivity index (χ4n) is 2.48. The SMILES string of the molecule is O=C(O)C1CC12CCCS(=O)(=O)CC2. The van der Waals surface area contributed by atoms with Gasteiger partial charge in [0.05, 0.1) is 17.4 Å². The zero-order valence-corrected chi connectivity index (χ0v) is 8.72. The molecule has 14 heavy (non-hydrogen) atoms. The van der Waals surface area contributed by atoms with Crippen molar-refractivity contribution >= 4 is 15.8 Å². The lowest BCUT2D eigenvalue weighted by Crippen LogP contribution is -2.12. The lowest BCUT2D eigenvalue weighted by Gasteiger charge is -2.10. The Morgan fingerprint density at radius 1 is 1.29 bits per heavy atom. The van der Waals surface area contributed by atoms with Gasteiger partial charge in [0.2, 0.25) is 0 Å². The lowest BCUT2D eigenvalue weighted by atomic mass is 9.94. The van der Waals surface area contributed by atoms with Gasteiger partial charge in [-0.2, -0.15) is 0 Å². The van der Waals surface area contributed by atoms with Gasteiger partial charge in [0.25, 0.3) is 0 Å². The summed E-state index contributed by atoms with van der Waals surface area (Å²) < 4.78 is 22.6. The van der Waals surface area contributed by atoms with Crippen LogP contribution in [-0.4, -0.2) is 31.0 Å². The van der Waals surface area contributed by atoms with Crippen LogP contribution in [0.3, 0.4) is 0 Å². The summed E-state index contributed by atoms with van der Waals surface area (Å²) in [6.07, 6.45) is 2.62. The molecular formula is C9H14O4S. The molecule has 0 aromatic heterocycles. The second kappa shape index (κ2) is 2.95. The van der Waals surface area contributed by atoms with E-state index in [9.17, 15) is 13.2 Å². The molecule has 0 radical (unpaired) electrons. The molecule has 0 bridgehead atoms. The van der Waals surface area contributed by atoms with Crippen molar-refractivity contribution in [1.29, 1.82) is 0 Å². The number of hydrogen-bond acceptors (Lipinski definition) is 3. The molecule has 1 aliphatic heterocycles. The van der Waals surface area contributed by atoms with Gasteiger partial charge in [-0.15, -0.1) is 0 Å². The van der Waals surface area contributed by atoms with Gasteiger partial charge in [0, 0.05) is 0 Å². The predicted molar refractivity (Wildman–Crippen MR) is 50.7 cm³/mol. The van der Waals surface area contributed by atoms with Gasteiger partial charge in [0.1, 0.15) is 9.84 Å². The molecule has 80 valence electrons. The Bertz CT molecular complexity index is 359. The molecular weight excluding hydrogens is 204 g/mol. The van der Waals surface area contributed by atoms with Gasteiger partial charge in [-0.05, 0) is 31.1 Å². The largest absolute Gasteiger partial charge is 0.481 e. The van der Waals surface area contributed by atoms with Gasteiger partial charge < -0.3 is 5.11 Å². The Morgan fingerprint density at radius 3 is 2.57 bits per heavy atom. The molecule has 1 spiro atoms. The molecule has 0 aromatic carbocycles. The number of hydrogen-bond donors (Lipinski definition) is 1. The highest BCUT2D eigenvalue weighted by Gasteiger charge is 2.58. The van der Waals surface area contributed by atoms with Crippen molar-refractivity contribution in [3.63, 3.8) is 0 Å². The maximum absolute atomic E-state index is 11.3. The van der Waals surface area contributed by atoms with Crippen LogP contribution in [0.2, 0.25) is 0 Å². The number of aliphatic carboxylic acids is 1. The van der Waals surface area contributed by atoms with E-state index in [4.69, 9.17) is 5.11 Å². The van der Waals surface area contributed by atoms with Crippen LogP contribution < -0.4 is 0 Å². The average Bonchev–Trinajstić information content (AvgIpc) is 2.78. The molecule has 2 atom stereocenters. The summed E-state index contributed by atoms with van der Waals surface area (Å²) in [5.74, 6) is -0.627. The van der Waals surface area contributed by atoms with Crippen LogP contribution in [0, 0.1) is 11.3 Å². The predicted octanol–water partition coefficient (Wildman–Crippen LogP) is 0.676. The molecule has 0 amide bonds. The minimum Gasteiger partial charge on any atom is -0.481 e. The first-order valence-electron chi connectivity index (χ1n) is 4.88. The summed E-state index contributed by atoms with van der Waals surface area (Å²) in [7, 11) is -2.89. The molecule has 1 aliphatic carbocycles. The lowest BCUT2D eigenvalue weighted by molar-refractivity contribution is -0.139.